The standard InChI is InChI=1S/C20H36O2/c1-19(2)17-15-13-11-9-7-5-4-6-8-10-12-14-16-18-20(21)22-3/h4-5,10,12,19H,6-9,11,13-18H2,1-3H3/b5-4+,12-10+. The van der Waals surface area contributed by atoms with Gasteiger partial charge >= 0.3 is 5.97 Å². The number of esters is 1. The molecule has 2 nitrogen and oxygen atoms in total. The van der Waals surface area contributed by atoms with Gasteiger partial charge in [0.2, 0.25) is 0 Å². The molecule has 2 heteroatoms. The molecule has 0 aliphatic carbocycles. The summed E-state index contributed by atoms with van der Waals surface area (Å²) in [5, 5.41) is 0. The lowest BCUT2D eigenvalue weighted by Gasteiger charge is -2.03. The van der Waals surface area contributed by atoms with Crippen LogP contribution in [0.2, 0.25) is 0 Å². The van der Waals surface area contributed by atoms with Crippen LogP contribution in [0.3, 0.4) is 0 Å². The minimum Gasteiger partial charge on any atom is -0.469 e. The zero-order valence-corrected chi connectivity index (χ0v) is 15.0. The lowest BCUT2D eigenvalue weighted by Crippen LogP contribution is -1.98. The van der Waals surface area contributed by atoms with Gasteiger partial charge in [0.25, 0.3) is 0 Å². The SMILES string of the molecule is COC(=O)CCC/C=C/CC/C=C/CCCCCCC(C)C. The summed E-state index contributed by atoms with van der Waals surface area (Å²) in [7, 11) is 1.44. The molecule has 0 aromatic carbocycles. The molecule has 22 heavy (non-hydrogen) atoms. The zero-order valence-electron chi connectivity index (χ0n) is 15.0. The molecule has 0 N–H and O–H groups in total. The Morgan fingerprint density at radius 3 is 1.95 bits per heavy atom. The molecule has 0 aliphatic rings. The third-order valence-electron chi connectivity index (χ3n) is 3.71. The molecule has 0 atom stereocenters. The van der Waals surface area contributed by atoms with E-state index in [9.17, 15) is 4.79 Å². The number of carbonyl (C=O) groups is 1. The first-order valence-electron chi connectivity index (χ1n) is 9.03. The summed E-state index contributed by atoms with van der Waals surface area (Å²) in [6.45, 7) is 4.60. The summed E-state index contributed by atoms with van der Waals surface area (Å²) >= 11 is 0. The average Bonchev–Trinajstić information content (AvgIpc) is 2.50. The Hall–Kier alpha value is -1.05. The summed E-state index contributed by atoms with van der Waals surface area (Å²) < 4.78 is 4.60. The van der Waals surface area contributed by atoms with Crippen LogP contribution in [-0.2, 0) is 9.53 Å². The molecule has 0 bridgehead atoms. The van der Waals surface area contributed by atoms with Crippen molar-refractivity contribution >= 4 is 5.97 Å². The van der Waals surface area contributed by atoms with Crippen LogP contribution < -0.4 is 0 Å². The van der Waals surface area contributed by atoms with Crippen molar-refractivity contribution in [1.82, 2.24) is 0 Å². The van der Waals surface area contributed by atoms with Crippen LogP contribution in [0.4, 0.5) is 0 Å². The molecule has 128 valence electrons. The lowest BCUT2D eigenvalue weighted by molar-refractivity contribution is -0.140. The van der Waals surface area contributed by atoms with Gasteiger partial charge in [0.15, 0.2) is 0 Å². The number of ether oxygens (including phenoxy) is 1. The molecular formula is C20H36O2. The highest BCUT2D eigenvalue weighted by Gasteiger charge is 1.96. The van der Waals surface area contributed by atoms with Crippen LogP contribution in [0.1, 0.15) is 84.5 Å². The van der Waals surface area contributed by atoms with Crippen molar-refractivity contribution in [3.05, 3.63) is 24.3 Å². The van der Waals surface area contributed by atoms with Gasteiger partial charge in [0.1, 0.15) is 0 Å². The highest BCUT2D eigenvalue weighted by molar-refractivity contribution is 5.68. The molecule has 0 spiro atoms. The Kier molecular flexibility index (Phi) is 15.5. The molecule has 0 unspecified atom stereocenters. The smallest absolute Gasteiger partial charge is 0.305 e. The number of allylic oxidation sites excluding steroid dienone is 4. The lowest BCUT2D eigenvalue weighted by atomic mass is 10.0. The topological polar surface area (TPSA) is 26.3 Å². The van der Waals surface area contributed by atoms with Gasteiger partial charge < -0.3 is 4.74 Å². The highest BCUT2D eigenvalue weighted by atomic mass is 16.5. The van der Waals surface area contributed by atoms with E-state index in [-0.39, 0.29) is 5.97 Å². The number of hydrogen-bond acceptors (Lipinski definition) is 2. The van der Waals surface area contributed by atoms with Crippen LogP contribution in [0.5, 0.6) is 0 Å². The Morgan fingerprint density at radius 2 is 1.36 bits per heavy atom. The molecule has 0 rings (SSSR count). The minimum atomic E-state index is -0.111. The second-order valence-electron chi connectivity index (χ2n) is 6.37. The first-order valence-corrected chi connectivity index (χ1v) is 9.03. The third-order valence-corrected chi connectivity index (χ3v) is 3.71. The van der Waals surface area contributed by atoms with Crippen molar-refractivity contribution in [3.63, 3.8) is 0 Å². The van der Waals surface area contributed by atoms with Gasteiger partial charge in [-0.1, -0.05) is 63.8 Å². The van der Waals surface area contributed by atoms with Gasteiger partial charge in [-0.05, 0) is 44.4 Å². The van der Waals surface area contributed by atoms with Crippen LogP contribution >= 0.6 is 0 Å². The number of rotatable bonds is 14. The molecule has 0 aliphatic heterocycles. The Labute approximate surface area is 138 Å². The Morgan fingerprint density at radius 1 is 0.818 bits per heavy atom. The van der Waals surface area contributed by atoms with Gasteiger partial charge in [-0.3, -0.25) is 4.79 Å². The highest BCUT2D eigenvalue weighted by Crippen LogP contribution is 2.10. The fraction of sp³-hybridized carbons (Fsp3) is 0.750. The number of hydrogen-bond donors (Lipinski definition) is 0. The third kappa shape index (κ3) is 17.0. The number of methoxy groups -OCH3 is 1. The largest absolute Gasteiger partial charge is 0.469 e. The van der Waals surface area contributed by atoms with Crippen molar-refractivity contribution in [2.45, 2.75) is 84.5 Å². The van der Waals surface area contributed by atoms with E-state index in [1.807, 2.05) is 0 Å². The van der Waals surface area contributed by atoms with E-state index in [0.29, 0.717) is 6.42 Å². The second kappa shape index (κ2) is 16.3. The normalized spacial score (nSPS) is 11.8. The van der Waals surface area contributed by atoms with Gasteiger partial charge in [0, 0.05) is 6.42 Å². The molecular weight excluding hydrogens is 272 g/mol. The summed E-state index contributed by atoms with van der Waals surface area (Å²) in [5.41, 5.74) is 0. The zero-order chi connectivity index (χ0) is 16.5. The first kappa shape index (κ1) is 20.9. The van der Waals surface area contributed by atoms with E-state index in [2.05, 4.69) is 42.9 Å². The maximum Gasteiger partial charge on any atom is 0.305 e. The molecule has 0 amide bonds. The van der Waals surface area contributed by atoms with E-state index in [4.69, 9.17) is 0 Å². The fourth-order valence-electron chi connectivity index (χ4n) is 2.30. The van der Waals surface area contributed by atoms with Crippen molar-refractivity contribution in [2.75, 3.05) is 7.11 Å². The molecule has 0 radical (unpaired) electrons. The maximum atomic E-state index is 10.9. The summed E-state index contributed by atoms with van der Waals surface area (Å²) in [4.78, 5) is 10.9. The van der Waals surface area contributed by atoms with Crippen LogP contribution in [-0.4, -0.2) is 13.1 Å². The van der Waals surface area contributed by atoms with Gasteiger partial charge in [-0.15, -0.1) is 0 Å². The van der Waals surface area contributed by atoms with Gasteiger partial charge in [0.05, 0.1) is 7.11 Å². The predicted molar refractivity (Wildman–Crippen MR) is 95.9 cm³/mol. The van der Waals surface area contributed by atoms with E-state index in [1.54, 1.807) is 0 Å². The maximum absolute atomic E-state index is 10.9. The molecule has 0 fully saturated rings. The van der Waals surface area contributed by atoms with Gasteiger partial charge in [-0.2, -0.15) is 0 Å². The minimum absolute atomic E-state index is 0.111. The Balaban J connectivity index is 3.25. The quantitative estimate of drug-likeness (QED) is 0.216. The second-order valence-corrected chi connectivity index (χ2v) is 6.37. The van der Waals surface area contributed by atoms with Crippen molar-refractivity contribution in [3.8, 4) is 0 Å². The number of carbonyl (C=O) groups excluding carboxylic acids is 1. The van der Waals surface area contributed by atoms with Crippen molar-refractivity contribution in [2.24, 2.45) is 5.92 Å². The molecule has 0 heterocycles. The summed E-state index contributed by atoms with van der Waals surface area (Å²) in [6.07, 6.45) is 21.7. The summed E-state index contributed by atoms with van der Waals surface area (Å²) in [6, 6.07) is 0. The first-order chi connectivity index (χ1) is 10.7. The van der Waals surface area contributed by atoms with E-state index in [0.717, 1.165) is 31.6 Å². The molecule has 0 saturated carbocycles. The summed E-state index contributed by atoms with van der Waals surface area (Å²) in [5.74, 6) is 0.744. The van der Waals surface area contributed by atoms with E-state index in [1.165, 1.54) is 45.6 Å². The number of unbranched alkanes of at least 4 members (excludes halogenated alkanes) is 6. The Bertz CT molecular complexity index is 303. The average molecular weight is 309 g/mol. The van der Waals surface area contributed by atoms with Crippen molar-refractivity contribution < 1.29 is 9.53 Å². The monoisotopic (exact) mass is 308 g/mol. The molecule has 0 aromatic heterocycles. The van der Waals surface area contributed by atoms with Crippen molar-refractivity contribution in [1.29, 1.82) is 0 Å². The van der Waals surface area contributed by atoms with Crippen LogP contribution in [0.15, 0.2) is 24.3 Å². The van der Waals surface area contributed by atoms with E-state index >= 15 is 0 Å². The van der Waals surface area contributed by atoms with Crippen LogP contribution in [0.25, 0.3) is 0 Å². The molecule has 0 saturated heterocycles. The molecule has 0 aromatic rings. The van der Waals surface area contributed by atoms with Gasteiger partial charge in [-0.25, -0.2) is 0 Å². The van der Waals surface area contributed by atoms with E-state index < -0.39 is 0 Å². The predicted octanol–water partition coefficient (Wildman–Crippen LogP) is 6.22. The fourth-order valence-corrected chi connectivity index (χ4v) is 2.30. The van der Waals surface area contributed by atoms with Crippen LogP contribution in [0, 0.1) is 5.92 Å².